The number of rotatable bonds is 4. The van der Waals surface area contributed by atoms with Crippen LogP contribution in [0.2, 0.25) is 0 Å². The van der Waals surface area contributed by atoms with Gasteiger partial charge in [-0.1, -0.05) is 25.8 Å². The molecule has 0 saturated heterocycles. The predicted octanol–water partition coefficient (Wildman–Crippen LogP) is 2.31. The summed E-state index contributed by atoms with van der Waals surface area (Å²) in [6.07, 6.45) is 4.14. The lowest BCUT2D eigenvalue weighted by atomic mass is 9.88. The fourth-order valence-corrected chi connectivity index (χ4v) is 4.20. The highest BCUT2D eigenvalue weighted by atomic mass is 32.2. The van der Waals surface area contributed by atoms with E-state index in [-0.39, 0.29) is 6.04 Å². The van der Waals surface area contributed by atoms with Gasteiger partial charge in [-0.05, 0) is 48.9 Å². The van der Waals surface area contributed by atoms with Gasteiger partial charge in [0.2, 0.25) is 10.0 Å². The standard InChI is InChI=1S/C15H24N2O2S/c1-11-4-3-5-14(8-11)17-20(18,19)15-7-6-12(2)13(9-15)10-16/h6-7,9,11,14,17H,3-5,8,10,16H2,1-2H3. The predicted molar refractivity (Wildman–Crippen MR) is 80.8 cm³/mol. The van der Waals surface area contributed by atoms with Gasteiger partial charge in [-0.3, -0.25) is 0 Å². The molecule has 2 unspecified atom stereocenters. The summed E-state index contributed by atoms with van der Waals surface area (Å²) in [7, 11) is -3.44. The number of sulfonamides is 1. The molecule has 2 atom stereocenters. The number of benzene rings is 1. The van der Waals surface area contributed by atoms with Gasteiger partial charge in [0.1, 0.15) is 0 Å². The summed E-state index contributed by atoms with van der Waals surface area (Å²) in [5, 5.41) is 0. The van der Waals surface area contributed by atoms with Crippen LogP contribution < -0.4 is 10.5 Å². The highest BCUT2D eigenvalue weighted by Crippen LogP contribution is 2.25. The molecular weight excluding hydrogens is 272 g/mol. The Morgan fingerprint density at radius 1 is 1.35 bits per heavy atom. The summed E-state index contributed by atoms with van der Waals surface area (Å²) in [4.78, 5) is 0.321. The Hall–Kier alpha value is -0.910. The van der Waals surface area contributed by atoms with Crippen LogP contribution in [0.5, 0.6) is 0 Å². The van der Waals surface area contributed by atoms with Crippen LogP contribution in [0.4, 0.5) is 0 Å². The summed E-state index contributed by atoms with van der Waals surface area (Å²) in [5.74, 6) is 0.592. The summed E-state index contributed by atoms with van der Waals surface area (Å²) in [6, 6.07) is 5.22. The second-order valence-electron chi connectivity index (χ2n) is 5.88. The maximum absolute atomic E-state index is 12.4. The Labute approximate surface area is 121 Å². The van der Waals surface area contributed by atoms with Crippen molar-refractivity contribution in [2.24, 2.45) is 11.7 Å². The molecule has 0 bridgehead atoms. The van der Waals surface area contributed by atoms with Crippen LogP contribution in [0.25, 0.3) is 0 Å². The van der Waals surface area contributed by atoms with E-state index in [0.717, 1.165) is 30.4 Å². The number of nitrogens with two attached hydrogens (primary N) is 1. The molecule has 1 saturated carbocycles. The van der Waals surface area contributed by atoms with E-state index in [1.807, 2.05) is 13.0 Å². The molecule has 1 aliphatic carbocycles. The van der Waals surface area contributed by atoms with E-state index in [4.69, 9.17) is 5.73 Å². The van der Waals surface area contributed by atoms with Crippen LogP contribution in [0.15, 0.2) is 23.1 Å². The zero-order valence-corrected chi connectivity index (χ0v) is 13.0. The first-order chi connectivity index (χ1) is 9.42. The summed E-state index contributed by atoms with van der Waals surface area (Å²) >= 11 is 0. The molecule has 1 aromatic carbocycles. The van der Waals surface area contributed by atoms with Crippen molar-refractivity contribution in [1.29, 1.82) is 0 Å². The average molecular weight is 296 g/mol. The van der Waals surface area contributed by atoms with Crippen LogP contribution >= 0.6 is 0 Å². The molecule has 1 fully saturated rings. The molecule has 3 N–H and O–H groups in total. The Morgan fingerprint density at radius 3 is 2.75 bits per heavy atom. The van der Waals surface area contributed by atoms with E-state index in [0.29, 0.717) is 17.4 Å². The van der Waals surface area contributed by atoms with Crippen molar-refractivity contribution in [2.75, 3.05) is 0 Å². The minimum absolute atomic E-state index is 0.0615. The second-order valence-corrected chi connectivity index (χ2v) is 7.60. The van der Waals surface area contributed by atoms with Gasteiger partial charge in [0.25, 0.3) is 0 Å². The number of hydrogen-bond acceptors (Lipinski definition) is 3. The fraction of sp³-hybridized carbons (Fsp3) is 0.600. The van der Waals surface area contributed by atoms with Crippen molar-refractivity contribution < 1.29 is 8.42 Å². The molecule has 0 amide bonds. The summed E-state index contributed by atoms with van der Waals surface area (Å²) in [6.45, 7) is 4.48. The monoisotopic (exact) mass is 296 g/mol. The van der Waals surface area contributed by atoms with Gasteiger partial charge < -0.3 is 5.73 Å². The molecule has 0 aliphatic heterocycles. The normalized spacial score (nSPS) is 23.8. The first-order valence-corrected chi connectivity index (χ1v) is 8.72. The molecular formula is C15H24N2O2S. The summed E-state index contributed by atoms with van der Waals surface area (Å²) in [5.41, 5.74) is 7.56. The number of hydrogen-bond donors (Lipinski definition) is 2. The van der Waals surface area contributed by atoms with Gasteiger partial charge in [0.05, 0.1) is 4.90 Å². The van der Waals surface area contributed by atoms with Crippen molar-refractivity contribution in [2.45, 2.75) is 57.0 Å². The van der Waals surface area contributed by atoms with E-state index in [2.05, 4.69) is 11.6 Å². The Kier molecular flexibility index (Phi) is 4.83. The van der Waals surface area contributed by atoms with Crippen molar-refractivity contribution in [3.63, 3.8) is 0 Å². The largest absolute Gasteiger partial charge is 0.326 e. The van der Waals surface area contributed by atoms with E-state index in [9.17, 15) is 8.42 Å². The molecule has 0 aromatic heterocycles. The van der Waals surface area contributed by atoms with Gasteiger partial charge in [-0.2, -0.15) is 0 Å². The first-order valence-electron chi connectivity index (χ1n) is 7.24. The van der Waals surface area contributed by atoms with Crippen LogP contribution in [0.3, 0.4) is 0 Å². The Balaban J connectivity index is 2.17. The molecule has 4 nitrogen and oxygen atoms in total. The van der Waals surface area contributed by atoms with E-state index >= 15 is 0 Å². The maximum atomic E-state index is 12.4. The lowest BCUT2D eigenvalue weighted by Gasteiger charge is -2.27. The van der Waals surface area contributed by atoms with Crippen LogP contribution in [0, 0.1) is 12.8 Å². The Bertz CT molecular complexity index is 569. The molecule has 0 heterocycles. The van der Waals surface area contributed by atoms with E-state index < -0.39 is 10.0 Å². The van der Waals surface area contributed by atoms with Crippen molar-refractivity contribution in [3.8, 4) is 0 Å². The average Bonchev–Trinajstić information content (AvgIpc) is 2.38. The third-order valence-electron chi connectivity index (χ3n) is 4.11. The van der Waals surface area contributed by atoms with Crippen LogP contribution in [-0.2, 0) is 16.6 Å². The lowest BCUT2D eigenvalue weighted by Crippen LogP contribution is -2.38. The minimum atomic E-state index is -3.44. The topological polar surface area (TPSA) is 72.2 Å². The molecule has 1 aliphatic rings. The molecule has 20 heavy (non-hydrogen) atoms. The highest BCUT2D eigenvalue weighted by molar-refractivity contribution is 7.89. The lowest BCUT2D eigenvalue weighted by molar-refractivity contribution is 0.327. The number of nitrogens with one attached hydrogen (secondary N) is 1. The minimum Gasteiger partial charge on any atom is -0.326 e. The molecule has 2 rings (SSSR count). The zero-order chi connectivity index (χ0) is 14.8. The third kappa shape index (κ3) is 3.59. The summed E-state index contributed by atoms with van der Waals surface area (Å²) < 4.78 is 27.7. The van der Waals surface area contributed by atoms with Crippen LogP contribution in [0.1, 0.15) is 43.7 Å². The van der Waals surface area contributed by atoms with Crippen molar-refractivity contribution >= 4 is 10.0 Å². The van der Waals surface area contributed by atoms with Gasteiger partial charge in [-0.15, -0.1) is 0 Å². The SMILES string of the molecule is Cc1ccc(S(=O)(=O)NC2CCCC(C)C2)cc1CN. The first kappa shape index (κ1) is 15.5. The van der Waals surface area contributed by atoms with E-state index in [1.54, 1.807) is 12.1 Å². The van der Waals surface area contributed by atoms with Crippen LogP contribution in [-0.4, -0.2) is 14.5 Å². The smallest absolute Gasteiger partial charge is 0.240 e. The van der Waals surface area contributed by atoms with Gasteiger partial charge in [0.15, 0.2) is 0 Å². The van der Waals surface area contributed by atoms with Crippen molar-refractivity contribution in [1.82, 2.24) is 4.72 Å². The number of aryl methyl sites for hydroxylation is 1. The van der Waals surface area contributed by atoms with Crippen molar-refractivity contribution in [3.05, 3.63) is 29.3 Å². The Morgan fingerprint density at radius 2 is 2.10 bits per heavy atom. The van der Waals surface area contributed by atoms with E-state index in [1.165, 1.54) is 6.42 Å². The third-order valence-corrected chi connectivity index (χ3v) is 5.63. The van der Waals surface area contributed by atoms with Gasteiger partial charge in [0, 0.05) is 12.6 Å². The molecule has 0 spiro atoms. The highest BCUT2D eigenvalue weighted by Gasteiger charge is 2.24. The molecule has 5 heteroatoms. The molecule has 112 valence electrons. The second kappa shape index (κ2) is 6.24. The molecule has 0 radical (unpaired) electrons. The zero-order valence-electron chi connectivity index (χ0n) is 12.2. The van der Waals surface area contributed by atoms with Gasteiger partial charge >= 0.3 is 0 Å². The van der Waals surface area contributed by atoms with Gasteiger partial charge in [-0.25, -0.2) is 13.1 Å². The fourth-order valence-electron chi connectivity index (χ4n) is 2.86. The quantitative estimate of drug-likeness (QED) is 0.895. The molecule has 1 aromatic rings. The maximum Gasteiger partial charge on any atom is 0.240 e.